The van der Waals surface area contributed by atoms with E-state index in [9.17, 15) is 13.7 Å². The molecular formula is C21H21N5O3S. The zero-order valence-electron chi connectivity index (χ0n) is 17.3. The second kappa shape index (κ2) is 8.08. The molecule has 0 amide bonds. The lowest BCUT2D eigenvalue weighted by molar-refractivity contribution is 0.455. The van der Waals surface area contributed by atoms with Crippen molar-refractivity contribution in [1.29, 1.82) is 5.26 Å². The second-order valence-corrected chi connectivity index (χ2v) is 8.74. The molecule has 0 unspecified atom stereocenters. The Labute approximate surface area is 175 Å². The Hall–Kier alpha value is -3.51. The van der Waals surface area contributed by atoms with E-state index >= 15 is 0 Å². The van der Waals surface area contributed by atoms with Gasteiger partial charge in [0.25, 0.3) is 0 Å². The first-order valence-corrected chi connectivity index (χ1v) is 10.9. The fourth-order valence-corrected chi connectivity index (χ4v) is 3.62. The van der Waals surface area contributed by atoms with Crippen molar-refractivity contribution in [2.75, 3.05) is 11.0 Å². The highest BCUT2D eigenvalue weighted by Crippen LogP contribution is 2.34. The Morgan fingerprint density at radius 3 is 2.43 bits per heavy atom. The number of nitrogens with zero attached hydrogens (tertiary/aromatic N) is 4. The molecule has 3 aromatic rings. The monoisotopic (exact) mass is 423 g/mol. The van der Waals surface area contributed by atoms with Crippen LogP contribution in [0.5, 0.6) is 11.6 Å². The van der Waals surface area contributed by atoms with E-state index in [1.807, 2.05) is 26.8 Å². The fraction of sp³-hybridized carbons (Fsp3) is 0.238. The third kappa shape index (κ3) is 4.72. The minimum absolute atomic E-state index is 0.0801. The van der Waals surface area contributed by atoms with Gasteiger partial charge in [0.1, 0.15) is 11.8 Å². The van der Waals surface area contributed by atoms with Crippen molar-refractivity contribution in [3.8, 4) is 29.0 Å². The highest BCUT2D eigenvalue weighted by Gasteiger charge is 2.17. The Kier molecular flexibility index (Phi) is 5.71. The number of hydrogen-bond acceptors (Lipinski definition) is 7. The first kappa shape index (κ1) is 21.2. The number of anilines is 1. The molecule has 1 N–H and O–H groups in total. The molecule has 154 valence electrons. The van der Waals surface area contributed by atoms with E-state index in [0.717, 1.165) is 17.5 Å². The SMILES string of the molecule is Cc1cc(C)c(Oc2nc(-c3cc(C#N)cnc3C)ccc2NS(C)(=O)=O)c(C)n1. The smallest absolute Gasteiger partial charge is 0.244 e. The van der Waals surface area contributed by atoms with E-state index in [4.69, 9.17) is 4.74 Å². The van der Waals surface area contributed by atoms with Gasteiger partial charge in [0.15, 0.2) is 5.75 Å². The topological polar surface area (TPSA) is 118 Å². The lowest BCUT2D eigenvalue weighted by Gasteiger charge is -2.16. The molecule has 0 aliphatic rings. The number of rotatable bonds is 5. The Morgan fingerprint density at radius 1 is 1.07 bits per heavy atom. The molecule has 9 heteroatoms. The number of aryl methyl sites for hydroxylation is 4. The van der Waals surface area contributed by atoms with Crippen LogP contribution >= 0.6 is 0 Å². The zero-order valence-corrected chi connectivity index (χ0v) is 18.1. The van der Waals surface area contributed by atoms with Gasteiger partial charge in [-0.1, -0.05) is 0 Å². The maximum atomic E-state index is 11.8. The van der Waals surface area contributed by atoms with E-state index < -0.39 is 10.0 Å². The van der Waals surface area contributed by atoms with Gasteiger partial charge in [-0.25, -0.2) is 13.4 Å². The lowest BCUT2D eigenvalue weighted by Crippen LogP contribution is -2.11. The molecule has 8 nitrogen and oxygen atoms in total. The third-order valence-electron chi connectivity index (χ3n) is 4.30. The molecule has 0 saturated carbocycles. The first-order valence-electron chi connectivity index (χ1n) is 9.06. The Bertz CT molecular complexity index is 1260. The minimum Gasteiger partial charge on any atom is -0.435 e. The van der Waals surface area contributed by atoms with E-state index in [1.54, 1.807) is 25.1 Å². The minimum atomic E-state index is -3.56. The summed E-state index contributed by atoms with van der Waals surface area (Å²) >= 11 is 0. The molecule has 0 saturated heterocycles. The second-order valence-electron chi connectivity index (χ2n) is 6.99. The third-order valence-corrected chi connectivity index (χ3v) is 4.89. The summed E-state index contributed by atoms with van der Waals surface area (Å²) in [6.07, 6.45) is 2.54. The fourth-order valence-electron chi connectivity index (χ4n) is 3.06. The van der Waals surface area contributed by atoms with Crippen molar-refractivity contribution >= 4 is 15.7 Å². The highest BCUT2D eigenvalue weighted by molar-refractivity contribution is 7.92. The molecule has 3 aromatic heterocycles. The Morgan fingerprint density at radius 2 is 1.80 bits per heavy atom. The maximum absolute atomic E-state index is 11.8. The summed E-state index contributed by atoms with van der Waals surface area (Å²) in [6, 6.07) is 8.84. The quantitative estimate of drug-likeness (QED) is 0.663. The molecule has 3 heterocycles. The van der Waals surface area contributed by atoms with Gasteiger partial charge in [0.05, 0.1) is 23.2 Å². The maximum Gasteiger partial charge on any atom is 0.244 e. The average molecular weight is 423 g/mol. The van der Waals surface area contributed by atoms with Gasteiger partial charge >= 0.3 is 0 Å². The zero-order chi connectivity index (χ0) is 22.1. The van der Waals surface area contributed by atoms with Gasteiger partial charge in [-0.05, 0) is 57.5 Å². The van der Waals surface area contributed by atoms with Crippen LogP contribution in [-0.4, -0.2) is 29.6 Å². The predicted octanol–water partition coefficient (Wildman–Crippen LogP) is 3.81. The summed E-state index contributed by atoms with van der Waals surface area (Å²) < 4.78 is 32.1. The molecule has 0 spiro atoms. The van der Waals surface area contributed by atoms with Gasteiger partial charge in [-0.3, -0.25) is 14.7 Å². The molecule has 30 heavy (non-hydrogen) atoms. The summed E-state index contributed by atoms with van der Waals surface area (Å²) in [4.78, 5) is 13.2. The summed E-state index contributed by atoms with van der Waals surface area (Å²) in [5, 5.41) is 9.19. The van der Waals surface area contributed by atoms with Crippen molar-refractivity contribution in [2.45, 2.75) is 27.7 Å². The van der Waals surface area contributed by atoms with Crippen molar-refractivity contribution in [2.24, 2.45) is 0 Å². The summed E-state index contributed by atoms with van der Waals surface area (Å²) in [5.74, 6) is 0.582. The highest BCUT2D eigenvalue weighted by atomic mass is 32.2. The van der Waals surface area contributed by atoms with Crippen molar-refractivity contribution in [1.82, 2.24) is 15.0 Å². The van der Waals surface area contributed by atoms with Crippen LogP contribution < -0.4 is 9.46 Å². The van der Waals surface area contributed by atoms with E-state index in [1.165, 1.54) is 6.20 Å². The number of hydrogen-bond donors (Lipinski definition) is 1. The van der Waals surface area contributed by atoms with Crippen molar-refractivity contribution < 1.29 is 13.2 Å². The summed E-state index contributed by atoms with van der Waals surface area (Å²) in [5.41, 5.74) is 4.79. The molecule has 3 rings (SSSR count). The van der Waals surface area contributed by atoms with Crippen LogP contribution in [0.2, 0.25) is 0 Å². The van der Waals surface area contributed by atoms with Crippen LogP contribution in [0.15, 0.2) is 30.5 Å². The molecule has 0 fully saturated rings. The standard InChI is InChI=1S/C21H21N5O3S/c1-12-8-13(2)24-15(4)20(12)29-21-19(26-30(5,27)28)7-6-18(25-21)17-9-16(10-22)11-23-14(17)3/h6-9,11,26H,1-5H3. The molecular weight excluding hydrogens is 402 g/mol. The number of nitrogens with one attached hydrogen (secondary N) is 1. The van der Waals surface area contributed by atoms with E-state index in [0.29, 0.717) is 34.0 Å². The van der Waals surface area contributed by atoms with Crippen molar-refractivity contribution in [3.63, 3.8) is 0 Å². The lowest BCUT2D eigenvalue weighted by atomic mass is 10.1. The Balaban J connectivity index is 2.16. The number of ether oxygens (including phenoxy) is 1. The van der Waals surface area contributed by atoms with Gasteiger partial charge in [-0.2, -0.15) is 5.26 Å². The van der Waals surface area contributed by atoms with Crippen LogP contribution in [0.3, 0.4) is 0 Å². The largest absolute Gasteiger partial charge is 0.435 e. The van der Waals surface area contributed by atoms with E-state index in [-0.39, 0.29) is 11.6 Å². The van der Waals surface area contributed by atoms with Gasteiger partial charge in [-0.15, -0.1) is 0 Å². The van der Waals surface area contributed by atoms with Gasteiger partial charge in [0.2, 0.25) is 15.9 Å². The summed E-state index contributed by atoms with van der Waals surface area (Å²) in [6.45, 7) is 7.39. The predicted molar refractivity (Wildman–Crippen MR) is 114 cm³/mol. The molecule has 0 aliphatic carbocycles. The normalized spacial score (nSPS) is 11.1. The van der Waals surface area contributed by atoms with Crippen LogP contribution in [0.1, 0.15) is 28.2 Å². The number of nitriles is 1. The molecule has 0 radical (unpaired) electrons. The van der Waals surface area contributed by atoms with Crippen LogP contribution in [0, 0.1) is 39.0 Å². The van der Waals surface area contributed by atoms with Crippen LogP contribution in [-0.2, 0) is 10.0 Å². The first-order chi connectivity index (χ1) is 14.1. The van der Waals surface area contributed by atoms with Crippen LogP contribution in [0.25, 0.3) is 11.3 Å². The molecule has 0 aliphatic heterocycles. The molecule has 0 bridgehead atoms. The number of aromatic nitrogens is 3. The van der Waals surface area contributed by atoms with Crippen molar-refractivity contribution in [3.05, 3.63) is 58.7 Å². The number of sulfonamides is 1. The number of pyridine rings is 3. The summed E-state index contributed by atoms with van der Waals surface area (Å²) in [7, 11) is -3.56. The average Bonchev–Trinajstić information content (AvgIpc) is 2.65. The molecule has 0 atom stereocenters. The van der Waals surface area contributed by atoms with E-state index in [2.05, 4.69) is 25.7 Å². The van der Waals surface area contributed by atoms with Gasteiger partial charge < -0.3 is 4.74 Å². The molecule has 0 aromatic carbocycles. The van der Waals surface area contributed by atoms with Crippen LogP contribution in [0.4, 0.5) is 5.69 Å². The van der Waals surface area contributed by atoms with Gasteiger partial charge in [0, 0.05) is 23.1 Å².